The highest BCUT2D eigenvalue weighted by atomic mass is 32.1. The van der Waals surface area contributed by atoms with Gasteiger partial charge in [-0.05, 0) is 67.2 Å². The number of nitrogens with one attached hydrogen (secondary N) is 1. The van der Waals surface area contributed by atoms with E-state index in [0.29, 0.717) is 23.6 Å². The monoisotopic (exact) mass is 456 g/mol. The number of aliphatic carboxylic acids is 1. The number of methoxy groups -OCH3 is 1. The van der Waals surface area contributed by atoms with Gasteiger partial charge in [-0.2, -0.15) is 0 Å². The van der Waals surface area contributed by atoms with Crippen molar-refractivity contribution in [2.75, 3.05) is 25.2 Å². The van der Waals surface area contributed by atoms with Gasteiger partial charge in [-0.3, -0.25) is 19.8 Å². The number of thiocarbonyl (C=S) groups is 1. The van der Waals surface area contributed by atoms with E-state index in [1.807, 2.05) is 6.92 Å². The number of nitrogens with zero attached hydrogens (tertiary/aromatic N) is 1. The van der Waals surface area contributed by atoms with Gasteiger partial charge in [-0.25, -0.2) is 4.79 Å². The van der Waals surface area contributed by atoms with Crippen molar-refractivity contribution in [3.8, 4) is 17.2 Å². The molecule has 0 atom stereocenters. The van der Waals surface area contributed by atoms with Crippen molar-refractivity contribution >= 4 is 46.9 Å². The molecule has 10 heteroatoms. The van der Waals surface area contributed by atoms with Crippen LogP contribution < -0.4 is 24.4 Å². The molecule has 32 heavy (non-hydrogen) atoms. The van der Waals surface area contributed by atoms with Gasteiger partial charge in [-0.1, -0.05) is 6.07 Å². The summed E-state index contributed by atoms with van der Waals surface area (Å²) >= 11 is 5.20. The number of ether oxygens (including phenoxy) is 3. The fraction of sp³-hybridized carbons (Fsp3) is 0.182. The molecule has 0 aliphatic carbocycles. The SMILES string of the molecule is CCOc1ccc(N2C(=O)C(=Cc3ccc(OCC(=O)O)c(OC)c3)C(=O)NC2=S)cc1. The Kier molecular flexibility index (Phi) is 7.06. The third kappa shape index (κ3) is 5.03. The van der Waals surface area contributed by atoms with E-state index in [1.54, 1.807) is 30.3 Å². The number of carbonyl (C=O) groups is 3. The van der Waals surface area contributed by atoms with Crippen LogP contribution in [0.4, 0.5) is 5.69 Å². The van der Waals surface area contributed by atoms with Crippen molar-refractivity contribution in [2.24, 2.45) is 0 Å². The van der Waals surface area contributed by atoms with E-state index in [-0.39, 0.29) is 22.2 Å². The Labute approximate surface area is 189 Å². The van der Waals surface area contributed by atoms with E-state index in [0.717, 1.165) is 0 Å². The molecule has 0 bridgehead atoms. The largest absolute Gasteiger partial charge is 0.494 e. The molecule has 1 heterocycles. The minimum atomic E-state index is -1.13. The first-order valence-electron chi connectivity index (χ1n) is 9.51. The van der Waals surface area contributed by atoms with Crippen molar-refractivity contribution < 1.29 is 33.7 Å². The maximum atomic E-state index is 13.1. The normalized spacial score (nSPS) is 14.9. The first-order chi connectivity index (χ1) is 15.3. The highest BCUT2D eigenvalue weighted by Gasteiger charge is 2.34. The minimum absolute atomic E-state index is 0.0312. The van der Waals surface area contributed by atoms with Gasteiger partial charge in [0.05, 0.1) is 19.4 Å². The number of carboxylic acid groups (broad SMARTS) is 1. The van der Waals surface area contributed by atoms with E-state index >= 15 is 0 Å². The molecule has 0 unspecified atom stereocenters. The van der Waals surface area contributed by atoms with Gasteiger partial charge in [0, 0.05) is 0 Å². The van der Waals surface area contributed by atoms with Crippen LogP contribution in [0.2, 0.25) is 0 Å². The fourth-order valence-electron chi connectivity index (χ4n) is 2.95. The van der Waals surface area contributed by atoms with Crippen LogP contribution in [0.15, 0.2) is 48.0 Å². The summed E-state index contributed by atoms with van der Waals surface area (Å²) in [6, 6.07) is 11.3. The molecule has 0 radical (unpaired) electrons. The second kappa shape index (κ2) is 9.92. The number of carbonyl (C=O) groups excluding carboxylic acids is 2. The topological polar surface area (TPSA) is 114 Å². The van der Waals surface area contributed by atoms with Crippen LogP contribution in [0.25, 0.3) is 6.08 Å². The van der Waals surface area contributed by atoms with Gasteiger partial charge < -0.3 is 19.3 Å². The zero-order chi connectivity index (χ0) is 23.3. The molecule has 2 amide bonds. The first-order valence-corrected chi connectivity index (χ1v) is 9.91. The number of amides is 2. The van der Waals surface area contributed by atoms with Gasteiger partial charge in [0.25, 0.3) is 11.8 Å². The van der Waals surface area contributed by atoms with Gasteiger partial charge >= 0.3 is 5.97 Å². The Morgan fingerprint density at radius 1 is 1.12 bits per heavy atom. The second-order valence-electron chi connectivity index (χ2n) is 6.48. The average molecular weight is 456 g/mol. The zero-order valence-corrected chi connectivity index (χ0v) is 18.1. The van der Waals surface area contributed by atoms with Gasteiger partial charge in [0.15, 0.2) is 23.2 Å². The molecule has 166 valence electrons. The summed E-state index contributed by atoms with van der Waals surface area (Å²) in [6.07, 6.45) is 1.39. The summed E-state index contributed by atoms with van der Waals surface area (Å²) in [5, 5.41) is 11.3. The van der Waals surface area contributed by atoms with Crippen molar-refractivity contribution in [3.63, 3.8) is 0 Å². The lowest BCUT2D eigenvalue weighted by Crippen LogP contribution is -2.54. The predicted molar refractivity (Wildman–Crippen MR) is 120 cm³/mol. The standard InChI is InChI=1S/C22H20N2O7S/c1-3-30-15-7-5-14(6-8-15)24-21(28)16(20(27)23-22(24)32)10-13-4-9-17(18(11-13)29-2)31-12-19(25)26/h4-11H,3,12H2,1-2H3,(H,25,26)(H,23,27,32). The van der Waals surface area contributed by atoms with E-state index in [1.165, 1.54) is 30.2 Å². The summed E-state index contributed by atoms with van der Waals surface area (Å²) in [4.78, 5) is 37.5. The molecular formula is C22H20N2O7S. The summed E-state index contributed by atoms with van der Waals surface area (Å²) in [7, 11) is 1.39. The van der Waals surface area contributed by atoms with Crippen molar-refractivity contribution in [1.29, 1.82) is 0 Å². The first kappa shape index (κ1) is 22.8. The molecule has 0 spiro atoms. The molecule has 2 aromatic carbocycles. The van der Waals surface area contributed by atoms with Gasteiger partial charge in [-0.15, -0.1) is 0 Å². The van der Waals surface area contributed by atoms with Gasteiger partial charge in [0.1, 0.15) is 11.3 Å². The van der Waals surface area contributed by atoms with E-state index < -0.39 is 24.4 Å². The predicted octanol–water partition coefficient (Wildman–Crippen LogP) is 2.39. The van der Waals surface area contributed by atoms with Crippen molar-refractivity contribution in [1.82, 2.24) is 5.32 Å². The third-order valence-corrected chi connectivity index (χ3v) is 4.64. The number of rotatable bonds is 8. The quantitative estimate of drug-likeness (QED) is 0.354. The Bertz CT molecular complexity index is 1100. The summed E-state index contributed by atoms with van der Waals surface area (Å²) in [5.41, 5.74) is 0.820. The number of benzene rings is 2. The molecule has 3 rings (SSSR count). The fourth-order valence-corrected chi connectivity index (χ4v) is 3.23. The van der Waals surface area contributed by atoms with Crippen molar-refractivity contribution in [2.45, 2.75) is 6.92 Å². The Hall–Kier alpha value is -3.92. The van der Waals surface area contributed by atoms with Crippen LogP contribution >= 0.6 is 12.2 Å². The lowest BCUT2D eigenvalue weighted by molar-refractivity contribution is -0.139. The summed E-state index contributed by atoms with van der Waals surface area (Å²) in [5.74, 6) is -1.24. The minimum Gasteiger partial charge on any atom is -0.494 e. The van der Waals surface area contributed by atoms with Crippen molar-refractivity contribution in [3.05, 3.63) is 53.6 Å². The van der Waals surface area contributed by atoms with Crippen LogP contribution in [-0.4, -0.2) is 48.3 Å². The Morgan fingerprint density at radius 3 is 2.47 bits per heavy atom. The highest BCUT2D eigenvalue weighted by Crippen LogP contribution is 2.30. The molecule has 1 aliphatic heterocycles. The van der Waals surface area contributed by atoms with Crippen LogP contribution in [0.1, 0.15) is 12.5 Å². The molecular weight excluding hydrogens is 436 g/mol. The van der Waals surface area contributed by atoms with Crippen LogP contribution in [0.3, 0.4) is 0 Å². The smallest absolute Gasteiger partial charge is 0.341 e. The molecule has 0 saturated carbocycles. The number of carboxylic acids is 1. The van der Waals surface area contributed by atoms with Crippen LogP contribution in [0, 0.1) is 0 Å². The zero-order valence-electron chi connectivity index (χ0n) is 17.3. The van der Waals surface area contributed by atoms with E-state index in [2.05, 4.69) is 5.32 Å². The maximum absolute atomic E-state index is 13.1. The second-order valence-corrected chi connectivity index (χ2v) is 6.86. The molecule has 2 N–H and O–H groups in total. The number of hydrogen-bond acceptors (Lipinski definition) is 7. The molecule has 9 nitrogen and oxygen atoms in total. The summed E-state index contributed by atoms with van der Waals surface area (Å²) < 4.78 is 15.8. The lowest BCUT2D eigenvalue weighted by Gasteiger charge is -2.29. The maximum Gasteiger partial charge on any atom is 0.341 e. The Morgan fingerprint density at radius 2 is 1.84 bits per heavy atom. The molecule has 0 aromatic heterocycles. The molecule has 1 saturated heterocycles. The van der Waals surface area contributed by atoms with E-state index in [9.17, 15) is 14.4 Å². The van der Waals surface area contributed by atoms with Crippen LogP contribution in [0.5, 0.6) is 17.2 Å². The van der Waals surface area contributed by atoms with Crippen LogP contribution in [-0.2, 0) is 14.4 Å². The lowest BCUT2D eigenvalue weighted by atomic mass is 10.1. The summed E-state index contributed by atoms with van der Waals surface area (Å²) in [6.45, 7) is 1.84. The average Bonchev–Trinajstić information content (AvgIpc) is 2.76. The molecule has 1 aliphatic rings. The number of hydrogen-bond donors (Lipinski definition) is 2. The Balaban J connectivity index is 1.90. The van der Waals surface area contributed by atoms with Gasteiger partial charge in [0.2, 0.25) is 0 Å². The van der Waals surface area contributed by atoms with E-state index in [4.69, 9.17) is 31.5 Å². The number of anilines is 1. The molecule has 2 aromatic rings. The molecule has 1 fully saturated rings. The highest BCUT2D eigenvalue weighted by molar-refractivity contribution is 7.80. The third-order valence-electron chi connectivity index (χ3n) is 4.36.